The van der Waals surface area contributed by atoms with Gasteiger partial charge in [0.1, 0.15) is 12.2 Å². The Morgan fingerprint density at radius 1 is 0.833 bits per heavy atom. The van der Waals surface area contributed by atoms with E-state index >= 15 is 0 Å². The number of hydrogen-bond donors (Lipinski definition) is 0. The summed E-state index contributed by atoms with van der Waals surface area (Å²) in [5, 5.41) is 0. The third-order valence-corrected chi connectivity index (χ3v) is 3.23. The van der Waals surface area contributed by atoms with E-state index < -0.39 is 0 Å². The van der Waals surface area contributed by atoms with Crippen molar-refractivity contribution < 1.29 is 19.1 Å². The molecule has 0 amide bonds. The maximum Gasteiger partial charge on any atom is 0.331 e. The lowest BCUT2D eigenvalue weighted by Crippen LogP contribution is -2.14. The van der Waals surface area contributed by atoms with Crippen molar-refractivity contribution in [1.29, 1.82) is 0 Å². The number of rotatable bonds is 10. The Bertz CT molecular complexity index is 473. The Kier molecular flexibility index (Phi) is 14.3. The quantitative estimate of drug-likeness (QED) is 0.257. The first-order valence-corrected chi connectivity index (χ1v) is 9.25. The summed E-state index contributed by atoms with van der Waals surface area (Å²) in [4.78, 5) is 26.3. The van der Waals surface area contributed by atoms with Gasteiger partial charge < -0.3 is 9.47 Å². The van der Waals surface area contributed by atoms with Crippen LogP contribution in [0.15, 0.2) is 58.6 Å². The molecule has 0 aromatic carbocycles. The predicted molar refractivity (Wildman–Crippen MR) is 104 cm³/mol. The van der Waals surface area contributed by atoms with Crippen LogP contribution in [0.5, 0.6) is 0 Å². The lowest BCUT2D eigenvalue weighted by Gasteiger charge is -2.12. The summed E-state index contributed by atoms with van der Waals surface area (Å²) in [6.07, 6.45) is 13.6. The highest BCUT2D eigenvalue weighted by Gasteiger charge is 2.09. The van der Waals surface area contributed by atoms with Gasteiger partial charge in [-0.15, -0.1) is 0 Å². The average Bonchev–Trinajstić information content (AvgIpc) is 2.52. The summed E-state index contributed by atoms with van der Waals surface area (Å²) in [5.74, 6) is -0.774. The van der Waals surface area contributed by atoms with Gasteiger partial charge in [-0.3, -0.25) is 0 Å². The van der Waals surface area contributed by atoms with Crippen LogP contribution in [-0.4, -0.2) is 24.1 Å². The summed E-state index contributed by atoms with van der Waals surface area (Å²) in [6, 6.07) is 0. The van der Waals surface area contributed by atoms with Gasteiger partial charge in [0.05, 0.1) is 0 Å². The second kappa shape index (κ2) is 15.1. The van der Waals surface area contributed by atoms with Crippen LogP contribution in [0.3, 0.4) is 0 Å². The first-order valence-electron chi connectivity index (χ1n) is 7.42. The highest BCUT2D eigenvalue weighted by molar-refractivity contribution is 9.11. The molecule has 0 rings (SSSR count). The summed E-state index contributed by atoms with van der Waals surface area (Å²) < 4.78 is 10.5. The van der Waals surface area contributed by atoms with Crippen molar-refractivity contribution in [2.75, 3.05) is 0 Å². The van der Waals surface area contributed by atoms with Crippen molar-refractivity contribution >= 4 is 43.8 Å². The number of allylic oxidation sites excluding steroid dienone is 2. The topological polar surface area (TPSA) is 52.6 Å². The normalized spacial score (nSPS) is 15.0. The van der Waals surface area contributed by atoms with E-state index in [0.717, 1.165) is 0 Å². The van der Waals surface area contributed by atoms with Crippen molar-refractivity contribution in [2.24, 2.45) is 0 Å². The van der Waals surface area contributed by atoms with E-state index in [-0.39, 0.29) is 24.1 Å². The predicted octanol–water partition coefficient (Wildman–Crippen LogP) is 5.12. The molecular formula is C18H22Br2O4. The molecule has 0 unspecified atom stereocenters. The number of esters is 2. The van der Waals surface area contributed by atoms with Gasteiger partial charge in [-0.1, -0.05) is 56.2 Å². The monoisotopic (exact) mass is 460 g/mol. The van der Waals surface area contributed by atoms with Crippen LogP contribution in [0, 0.1) is 0 Å². The highest BCUT2D eigenvalue weighted by atomic mass is 79.9. The fourth-order valence-electron chi connectivity index (χ4n) is 1.60. The van der Waals surface area contributed by atoms with Crippen LogP contribution in [0.1, 0.15) is 26.7 Å². The molecule has 0 spiro atoms. The van der Waals surface area contributed by atoms with Crippen molar-refractivity contribution in [3.63, 3.8) is 0 Å². The first kappa shape index (κ1) is 22.6. The van der Waals surface area contributed by atoms with E-state index in [1.807, 2.05) is 12.2 Å². The van der Waals surface area contributed by atoms with Crippen molar-refractivity contribution in [3.05, 3.63) is 58.6 Å². The molecule has 132 valence electrons. The summed E-state index contributed by atoms with van der Waals surface area (Å²) in [6.45, 7) is 3.51. The third-order valence-electron chi connectivity index (χ3n) is 2.62. The minimum absolute atomic E-state index is 0.361. The van der Waals surface area contributed by atoms with Crippen LogP contribution in [0.25, 0.3) is 0 Å². The minimum atomic E-state index is -0.387. The molecule has 0 saturated carbocycles. The Hall–Kier alpha value is -1.40. The van der Waals surface area contributed by atoms with Crippen LogP contribution >= 0.6 is 31.9 Å². The first-order chi connectivity index (χ1) is 11.6. The molecule has 6 heteroatoms. The summed E-state index contributed by atoms with van der Waals surface area (Å²) >= 11 is 6.36. The van der Waals surface area contributed by atoms with Gasteiger partial charge in [0.25, 0.3) is 0 Å². The maximum atomic E-state index is 11.5. The van der Waals surface area contributed by atoms with E-state index in [9.17, 15) is 9.59 Å². The highest BCUT2D eigenvalue weighted by Crippen LogP contribution is 2.09. The zero-order valence-electron chi connectivity index (χ0n) is 13.7. The maximum absolute atomic E-state index is 11.5. The molecule has 0 N–H and O–H groups in total. The molecule has 0 radical (unpaired) electrons. The second-order valence-electron chi connectivity index (χ2n) is 4.53. The average molecular weight is 462 g/mol. The Morgan fingerprint density at radius 3 is 1.50 bits per heavy atom. The largest absolute Gasteiger partial charge is 0.455 e. The van der Waals surface area contributed by atoms with Gasteiger partial charge in [0.2, 0.25) is 0 Å². The van der Waals surface area contributed by atoms with E-state index in [1.54, 1.807) is 48.1 Å². The summed E-state index contributed by atoms with van der Waals surface area (Å²) in [7, 11) is 0. The molecule has 24 heavy (non-hydrogen) atoms. The number of hydrogen-bond acceptors (Lipinski definition) is 4. The second-order valence-corrected chi connectivity index (χ2v) is 5.59. The van der Waals surface area contributed by atoms with E-state index in [0.29, 0.717) is 12.8 Å². The van der Waals surface area contributed by atoms with Crippen molar-refractivity contribution in [1.82, 2.24) is 0 Å². The molecule has 0 aromatic heterocycles. The van der Waals surface area contributed by atoms with Gasteiger partial charge >= 0.3 is 11.9 Å². The van der Waals surface area contributed by atoms with Crippen molar-refractivity contribution in [3.8, 4) is 0 Å². The van der Waals surface area contributed by atoms with Crippen LogP contribution in [0.2, 0.25) is 0 Å². The molecule has 0 aliphatic carbocycles. The molecular weight excluding hydrogens is 440 g/mol. The van der Waals surface area contributed by atoms with Gasteiger partial charge in [-0.05, 0) is 36.0 Å². The molecule has 0 saturated heterocycles. The lowest BCUT2D eigenvalue weighted by atomic mass is 10.2. The zero-order chi connectivity index (χ0) is 18.2. The lowest BCUT2D eigenvalue weighted by molar-refractivity contribution is -0.141. The molecule has 0 aliphatic heterocycles. The molecule has 0 aliphatic rings. The fraction of sp³-hybridized carbons (Fsp3) is 0.333. The Balaban J connectivity index is 4.55. The van der Waals surface area contributed by atoms with E-state index in [1.165, 1.54) is 12.2 Å². The summed E-state index contributed by atoms with van der Waals surface area (Å²) in [5.41, 5.74) is 0. The smallest absolute Gasteiger partial charge is 0.331 e. The molecule has 4 nitrogen and oxygen atoms in total. The number of carbonyl (C=O) groups excluding carboxylic acids is 2. The zero-order valence-corrected chi connectivity index (χ0v) is 16.9. The number of ether oxygens (including phenoxy) is 2. The third kappa shape index (κ3) is 12.1. The van der Waals surface area contributed by atoms with Gasteiger partial charge in [0.15, 0.2) is 0 Å². The molecule has 0 aromatic rings. The van der Waals surface area contributed by atoms with Crippen LogP contribution < -0.4 is 0 Å². The number of halogens is 2. The Labute approximate surface area is 160 Å². The van der Waals surface area contributed by atoms with Gasteiger partial charge in [0, 0.05) is 25.0 Å². The van der Waals surface area contributed by atoms with E-state index in [4.69, 9.17) is 9.47 Å². The number of carbonyl (C=O) groups is 2. The van der Waals surface area contributed by atoms with Crippen LogP contribution in [-0.2, 0) is 19.1 Å². The fourth-order valence-corrected chi connectivity index (χ4v) is 2.28. The Morgan fingerprint density at radius 2 is 1.21 bits per heavy atom. The SMILES string of the molecule is C/C=C/C(=O)O[C@H](/C=C/Br)C/C=C/C[C@@H](/C=C/Br)OC(=O)/C=C/C. The van der Waals surface area contributed by atoms with E-state index in [2.05, 4.69) is 31.9 Å². The van der Waals surface area contributed by atoms with Gasteiger partial charge in [-0.2, -0.15) is 0 Å². The minimum Gasteiger partial charge on any atom is -0.455 e. The van der Waals surface area contributed by atoms with Crippen LogP contribution in [0.4, 0.5) is 0 Å². The molecule has 0 bridgehead atoms. The van der Waals surface area contributed by atoms with Gasteiger partial charge in [-0.25, -0.2) is 9.59 Å². The molecule has 0 heterocycles. The standard InChI is InChI=1S/C18H22Br2O4/c1-3-7-17(21)23-15(11-13-19)9-5-6-10-16(12-14-20)24-18(22)8-4-2/h3-8,11-16H,9-10H2,1-2H3/b6-5+,7-3+,8-4+,13-11+,14-12+/t15-,16-/m0/s1. The van der Waals surface area contributed by atoms with Crippen molar-refractivity contribution in [2.45, 2.75) is 38.9 Å². The molecule has 0 fully saturated rings. The molecule has 2 atom stereocenters.